The third-order valence-electron chi connectivity index (χ3n) is 3.12. The number of nitrogens with one attached hydrogen (secondary N) is 1. The summed E-state index contributed by atoms with van der Waals surface area (Å²) in [7, 11) is 0. The van der Waals surface area contributed by atoms with Crippen LogP contribution in [0.3, 0.4) is 0 Å². The van der Waals surface area contributed by atoms with Crippen molar-refractivity contribution in [3.63, 3.8) is 0 Å². The Balaban J connectivity index is 1.87. The van der Waals surface area contributed by atoms with Gasteiger partial charge < -0.3 is 14.8 Å². The molecule has 5 nitrogen and oxygen atoms in total. The zero-order valence-electron chi connectivity index (χ0n) is 13.7. The second-order valence-corrected chi connectivity index (χ2v) is 5.70. The molecule has 2 aromatic rings. The summed E-state index contributed by atoms with van der Waals surface area (Å²) in [5.74, 6) is -2.03. The van der Waals surface area contributed by atoms with Crippen molar-refractivity contribution in [2.24, 2.45) is 0 Å². The minimum atomic E-state index is -1.38. The molecule has 1 amide bonds. The number of benzene rings is 2. The van der Waals surface area contributed by atoms with E-state index in [0.717, 1.165) is 6.07 Å². The first kappa shape index (κ1) is 18.4. The molecule has 0 aliphatic carbocycles. The molecule has 0 radical (unpaired) electrons. The second-order valence-electron chi connectivity index (χ2n) is 5.70. The Morgan fingerprint density at radius 1 is 1.04 bits per heavy atom. The highest BCUT2D eigenvalue weighted by Crippen LogP contribution is 2.20. The fourth-order valence-corrected chi connectivity index (χ4v) is 1.91. The third kappa shape index (κ3) is 5.56. The van der Waals surface area contributed by atoms with Gasteiger partial charge >= 0.3 is 5.97 Å². The van der Waals surface area contributed by atoms with Gasteiger partial charge in [0.05, 0.1) is 0 Å². The first-order chi connectivity index (χ1) is 11.8. The van der Waals surface area contributed by atoms with E-state index in [1.54, 1.807) is 0 Å². The highest BCUT2D eigenvalue weighted by atomic mass is 19.1. The summed E-state index contributed by atoms with van der Waals surface area (Å²) in [6.07, 6.45) is 0. The van der Waals surface area contributed by atoms with Crippen LogP contribution in [0.4, 0.5) is 14.5 Å². The molecule has 0 atom stereocenters. The van der Waals surface area contributed by atoms with E-state index < -0.39 is 35.7 Å². The molecule has 2 rings (SSSR count). The number of carbonyl (C=O) groups excluding carboxylic acids is 2. The van der Waals surface area contributed by atoms with Crippen molar-refractivity contribution >= 4 is 17.6 Å². The molecule has 7 heteroatoms. The van der Waals surface area contributed by atoms with Gasteiger partial charge in [-0.05, 0) is 56.3 Å². The van der Waals surface area contributed by atoms with E-state index in [0.29, 0.717) is 0 Å². The smallest absolute Gasteiger partial charge is 0.350 e. The summed E-state index contributed by atoms with van der Waals surface area (Å²) >= 11 is 0. The van der Waals surface area contributed by atoms with Gasteiger partial charge in [0.2, 0.25) is 0 Å². The lowest BCUT2D eigenvalue weighted by molar-refractivity contribution is -0.161. The number of halogens is 2. The van der Waals surface area contributed by atoms with E-state index in [1.807, 2.05) is 0 Å². The third-order valence-corrected chi connectivity index (χ3v) is 3.12. The molecule has 132 valence electrons. The Bertz CT molecular complexity index is 760. The highest BCUT2D eigenvalue weighted by molar-refractivity contribution is 5.93. The Morgan fingerprint density at radius 2 is 1.72 bits per heavy atom. The van der Waals surface area contributed by atoms with Gasteiger partial charge in [0, 0.05) is 5.69 Å². The topological polar surface area (TPSA) is 64.6 Å². The molecule has 0 aliphatic rings. The molecule has 0 unspecified atom stereocenters. The average molecular weight is 349 g/mol. The van der Waals surface area contributed by atoms with Gasteiger partial charge in [0.1, 0.15) is 17.4 Å². The van der Waals surface area contributed by atoms with Crippen LogP contribution in [0.15, 0.2) is 48.5 Å². The molecule has 0 saturated heterocycles. The largest absolute Gasteiger partial charge is 0.476 e. The van der Waals surface area contributed by atoms with E-state index in [9.17, 15) is 18.4 Å². The van der Waals surface area contributed by atoms with Crippen molar-refractivity contribution < 1.29 is 27.8 Å². The van der Waals surface area contributed by atoms with Crippen molar-refractivity contribution in [1.29, 1.82) is 0 Å². The molecule has 0 bridgehead atoms. The highest BCUT2D eigenvalue weighted by Gasteiger charge is 2.32. The first-order valence-corrected chi connectivity index (χ1v) is 7.43. The maximum absolute atomic E-state index is 13.0. The van der Waals surface area contributed by atoms with Crippen molar-refractivity contribution in [3.8, 4) is 5.75 Å². The van der Waals surface area contributed by atoms with Gasteiger partial charge in [-0.15, -0.1) is 0 Å². The van der Waals surface area contributed by atoms with Crippen LogP contribution < -0.4 is 10.1 Å². The van der Waals surface area contributed by atoms with Crippen molar-refractivity contribution in [1.82, 2.24) is 0 Å². The predicted molar refractivity (Wildman–Crippen MR) is 87.1 cm³/mol. The molecule has 0 aromatic heterocycles. The van der Waals surface area contributed by atoms with Gasteiger partial charge in [-0.3, -0.25) is 4.79 Å². The lowest BCUT2D eigenvalue weighted by Gasteiger charge is -2.24. The summed E-state index contributed by atoms with van der Waals surface area (Å²) in [6.45, 7) is 2.37. The number of hydrogen-bond donors (Lipinski definition) is 1. The minimum absolute atomic E-state index is 0.253. The second kappa shape index (κ2) is 7.74. The van der Waals surface area contributed by atoms with Crippen molar-refractivity contribution in [3.05, 3.63) is 60.2 Å². The van der Waals surface area contributed by atoms with Crippen LogP contribution in [-0.4, -0.2) is 24.1 Å². The molecule has 0 fully saturated rings. The number of amides is 1. The normalized spacial score (nSPS) is 10.9. The summed E-state index contributed by atoms with van der Waals surface area (Å²) in [5, 5.41) is 2.41. The Morgan fingerprint density at radius 3 is 2.36 bits per heavy atom. The summed E-state index contributed by atoms with van der Waals surface area (Å²) < 4.78 is 36.3. The van der Waals surface area contributed by atoms with Crippen LogP contribution in [-0.2, 0) is 14.3 Å². The summed E-state index contributed by atoms with van der Waals surface area (Å²) in [4.78, 5) is 23.8. The molecular weight excluding hydrogens is 332 g/mol. The SMILES string of the molecule is CC(C)(Oc1ccc(F)cc1)C(=O)OCC(=O)Nc1cccc(F)c1. The van der Waals surface area contributed by atoms with Gasteiger partial charge in [-0.1, -0.05) is 6.07 Å². The van der Waals surface area contributed by atoms with Crippen LogP contribution in [0.1, 0.15) is 13.8 Å². The zero-order valence-corrected chi connectivity index (χ0v) is 13.7. The first-order valence-electron chi connectivity index (χ1n) is 7.43. The van der Waals surface area contributed by atoms with Crippen LogP contribution in [0.25, 0.3) is 0 Å². The van der Waals surface area contributed by atoms with Crippen LogP contribution in [0, 0.1) is 11.6 Å². The lowest BCUT2D eigenvalue weighted by Crippen LogP contribution is -2.41. The Labute approximate surface area is 143 Å². The van der Waals surface area contributed by atoms with Crippen LogP contribution >= 0.6 is 0 Å². The molecule has 25 heavy (non-hydrogen) atoms. The summed E-state index contributed by atoms with van der Waals surface area (Å²) in [6, 6.07) is 10.5. The van der Waals surface area contributed by atoms with Gasteiger partial charge in [-0.25, -0.2) is 13.6 Å². The molecule has 1 N–H and O–H groups in total. The monoisotopic (exact) mass is 349 g/mol. The maximum atomic E-state index is 13.0. The number of esters is 1. The number of carbonyl (C=O) groups is 2. The average Bonchev–Trinajstić information content (AvgIpc) is 2.54. The van der Waals surface area contributed by atoms with Gasteiger partial charge in [-0.2, -0.15) is 0 Å². The van der Waals surface area contributed by atoms with E-state index in [2.05, 4.69) is 5.32 Å². The van der Waals surface area contributed by atoms with E-state index in [-0.39, 0.29) is 11.4 Å². The molecule has 0 aliphatic heterocycles. The number of ether oxygens (including phenoxy) is 2. The Kier molecular flexibility index (Phi) is 5.69. The number of hydrogen-bond acceptors (Lipinski definition) is 4. The molecule has 0 spiro atoms. The quantitative estimate of drug-likeness (QED) is 0.813. The van der Waals surface area contributed by atoms with Crippen LogP contribution in [0.2, 0.25) is 0 Å². The van der Waals surface area contributed by atoms with Crippen LogP contribution in [0.5, 0.6) is 5.75 Å². The van der Waals surface area contributed by atoms with E-state index >= 15 is 0 Å². The predicted octanol–water partition coefficient (Wildman–Crippen LogP) is 3.30. The Hall–Kier alpha value is -2.96. The van der Waals surface area contributed by atoms with Crippen molar-refractivity contribution in [2.45, 2.75) is 19.4 Å². The molecule has 0 saturated carbocycles. The zero-order chi connectivity index (χ0) is 18.4. The van der Waals surface area contributed by atoms with Gasteiger partial charge in [0.25, 0.3) is 5.91 Å². The molecule has 0 heterocycles. The maximum Gasteiger partial charge on any atom is 0.350 e. The fourth-order valence-electron chi connectivity index (χ4n) is 1.91. The molecule has 2 aromatic carbocycles. The summed E-state index contributed by atoms with van der Waals surface area (Å²) in [5.41, 5.74) is -1.13. The van der Waals surface area contributed by atoms with Gasteiger partial charge in [0.15, 0.2) is 12.2 Å². The van der Waals surface area contributed by atoms with E-state index in [4.69, 9.17) is 9.47 Å². The molecular formula is C18H17F2NO4. The fraction of sp³-hybridized carbons (Fsp3) is 0.222. The number of anilines is 1. The number of rotatable bonds is 6. The van der Waals surface area contributed by atoms with Crippen molar-refractivity contribution in [2.75, 3.05) is 11.9 Å². The minimum Gasteiger partial charge on any atom is -0.476 e. The standard InChI is InChI=1S/C18H17F2NO4/c1-18(2,25-15-8-6-12(19)7-9-15)17(23)24-11-16(22)21-14-5-3-4-13(20)10-14/h3-10H,11H2,1-2H3,(H,21,22). The lowest BCUT2D eigenvalue weighted by atomic mass is 10.1. The van der Waals surface area contributed by atoms with E-state index in [1.165, 1.54) is 56.3 Å².